The molecule has 9 heteroatoms. The van der Waals surface area contributed by atoms with E-state index in [1.165, 1.54) is 6.92 Å². The highest BCUT2D eigenvalue weighted by Gasteiger charge is 2.31. The second kappa shape index (κ2) is 5.76. The maximum Gasteiger partial charge on any atom is 0.573 e. The molecule has 0 saturated carbocycles. The van der Waals surface area contributed by atoms with Crippen molar-refractivity contribution in [2.75, 3.05) is 6.61 Å². The molecule has 19 heavy (non-hydrogen) atoms. The topological polar surface area (TPSA) is 75.6 Å². The minimum Gasteiger partial charge on any atom is -0.406 e. The van der Waals surface area contributed by atoms with Crippen LogP contribution in [0, 0.1) is 0 Å². The van der Waals surface area contributed by atoms with Gasteiger partial charge in [-0.1, -0.05) is 0 Å². The molecule has 1 aromatic carbocycles. The second-order valence-corrected chi connectivity index (χ2v) is 5.44. The number of nitrogens with one attached hydrogen (secondary N) is 1. The Morgan fingerprint density at radius 2 is 1.84 bits per heavy atom. The van der Waals surface area contributed by atoms with Gasteiger partial charge in [-0.05, 0) is 31.2 Å². The first-order valence-electron chi connectivity index (χ1n) is 5.13. The zero-order chi connectivity index (χ0) is 14.7. The number of rotatable bonds is 5. The van der Waals surface area contributed by atoms with Crippen molar-refractivity contribution in [2.45, 2.75) is 24.2 Å². The molecule has 1 atom stereocenters. The van der Waals surface area contributed by atoms with Gasteiger partial charge in [0.05, 0.1) is 11.5 Å². The van der Waals surface area contributed by atoms with Crippen molar-refractivity contribution in [1.29, 1.82) is 0 Å². The number of halogens is 3. The molecule has 0 fully saturated rings. The average molecular weight is 299 g/mol. The highest BCUT2D eigenvalue weighted by molar-refractivity contribution is 7.89. The molecule has 0 bridgehead atoms. The van der Waals surface area contributed by atoms with Crippen molar-refractivity contribution in [3.05, 3.63) is 24.3 Å². The van der Waals surface area contributed by atoms with Crippen molar-refractivity contribution < 1.29 is 31.4 Å². The zero-order valence-electron chi connectivity index (χ0n) is 9.81. The van der Waals surface area contributed by atoms with Gasteiger partial charge in [-0.25, -0.2) is 13.1 Å². The largest absolute Gasteiger partial charge is 0.573 e. The highest BCUT2D eigenvalue weighted by atomic mass is 32.2. The third-order valence-corrected chi connectivity index (χ3v) is 3.60. The van der Waals surface area contributed by atoms with E-state index in [0.717, 1.165) is 24.3 Å². The fourth-order valence-electron chi connectivity index (χ4n) is 1.19. The molecule has 0 aliphatic heterocycles. The summed E-state index contributed by atoms with van der Waals surface area (Å²) < 4.78 is 64.9. The summed E-state index contributed by atoms with van der Waals surface area (Å²) in [4.78, 5) is -0.220. The van der Waals surface area contributed by atoms with Crippen molar-refractivity contribution in [1.82, 2.24) is 4.72 Å². The van der Waals surface area contributed by atoms with Gasteiger partial charge in [-0.15, -0.1) is 13.2 Å². The van der Waals surface area contributed by atoms with Crippen molar-refractivity contribution in [3.8, 4) is 5.75 Å². The maximum absolute atomic E-state index is 11.9. The standard InChI is InChI=1S/C10H12F3NO4S/c1-7(6-15)14-19(16,17)9-4-2-8(3-5-9)18-10(11,12)13/h2-5,7,14-15H,6H2,1H3/t7-/m0/s1. The Kier molecular flexibility index (Phi) is 4.77. The van der Waals surface area contributed by atoms with Gasteiger partial charge >= 0.3 is 6.36 Å². The van der Waals surface area contributed by atoms with Crippen LogP contribution < -0.4 is 9.46 Å². The smallest absolute Gasteiger partial charge is 0.406 e. The third-order valence-electron chi connectivity index (χ3n) is 2.00. The van der Waals surface area contributed by atoms with Crippen LogP contribution in [0.5, 0.6) is 5.75 Å². The Morgan fingerprint density at radius 3 is 2.26 bits per heavy atom. The SMILES string of the molecule is C[C@@H](CO)NS(=O)(=O)c1ccc(OC(F)(F)F)cc1. The number of alkyl halides is 3. The Balaban J connectivity index is 2.87. The van der Waals surface area contributed by atoms with E-state index in [9.17, 15) is 21.6 Å². The van der Waals surface area contributed by atoms with E-state index in [1.807, 2.05) is 0 Å². The Hall–Kier alpha value is -1.32. The van der Waals surface area contributed by atoms with Crippen molar-refractivity contribution >= 4 is 10.0 Å². The van der Waals surface area contributed by atoms with Crippen LogP contribution in [0.15, 0.2) is 29.2 Å². The van der Waals surface area contributed by atoms with E-state index in [2.05, 4.69) is 9.46 Å². The van der Waals surface area contributed by atoms with Crippen LogP contribution >= 0.6 is 0 Å². The fourth-order valence-corrected chi connectivity index (χ4v) is 2.43. The Bertz CT molecular complexity index is 513. The molecule has 0 radical (unpaired) electrons. The minimum absolute atomic E-state index is 0.220. The van der Waals surface area contributed by atoms with Crippen LogP contribution in [0.3, 0.4) is 0 Å². The third kappa shape index (κ3) is 5.05. The summed E-state index contributed by atoms with van der Waals surface area (Å²) >= 11 is 0. The quantitative estimate of drug-likeness (QED) is 0.858. The van der Waals surface area contributed by atoms with Gasteiger partial charge in [-0.3, -0.25) is 0 Å². The molecule has 1 rings (SSSR count). The number of sulfonamides is 1. The number of ether oxygens (including phenoxy) is 1. The average Bonchev–Trinajstić information content (AvgIpc) is 2.26. The van der Waals surface area contributed by atoms with E-state index >= 15 is 0 Å². The molecular weight excluding hydrogens is 287 g/mol. The molecule has 0 aliphatic rings. The Morgan fingerprint density at radius 1 is 1.32 bits per heavy atom. The summed E-state index contributed by atoms with van der Waals surface area (Å²) in [6, 6.07) is 3.05. The second-order valence-electron chi connectivity index (χ2n) is 3.72. The normalized spacial score (nSPS) is 14.2. The molecule has 0 saturated heterocycles. The lowest BCUT2D eigenvalue weighted by atomic mass is 10.3. The highest BCUT2D eigenvalue weighted by Crippen LogP contribution is 2.23. The predicted octanol–water partition coefficient (Wildman–Crippen LogP) is 1.24. The minimum atomic E-state index is -4.83. The first-order valence-corrected chi connectivity index (χ1v) is 6.61. The summed E-state index contributed by atoms with van der Waals surface area (Å²) in [6.45, 7) is 1.05. The molecule has 5 nitrogen and oxygen atoms in total. The van der Waals surface area contributed by atoms with E-state index in [1.54, 1.807) is 0 Å². The molecule has 0 aliphatic carbocycles. The predicted molar refractivity (Wildman–Crippen MR) is 60.0 cm³/mol. The summed E-state index contributed by atoms with van der Waals surface area (Å²) in [5.74, 6) is -0.512. The first kappa shape index (κ1) is 15.7. The molecule has 0 heterocycles. The van der Waals surface area contributed by atoms with Crippen LogP contribution in [-0.2, 0) is 10.0 Å². The summed E-state index contributed by atoms with van der Waals surface area (Å²) in [7, 11) is -3.88. The number of hydrogen-bond acceptors (Lipinski definition) is 4. The van der Waals surface area contributed by atoms with Gasteiger partial charge in [0.2, 0.25) is 10.0 Å². The van der Waals surface area contributed by atoms with Gasteiger partial charge in [0.1, 0.15) is 5.75 Å². The lowest BCUT2D eigenvalue weighted by molar-refractivity contribution is -0.274. The molecule has 1 aromatic rings. The van der Waals surface area contributed by atoms with E-state index in [4.69, 9.17) is 5.11 Å². The zero-order valence-corrected chi connectivity index (χ0v) is 10.6. The molecular formula is C10H12F3NO4S. The molecule has 2 N–H and O–H groups in total. The number of aliphatic hydroxyl groups excluding tert-OH is 1. The summed E-state index contributed by atoms with van der Waals surface area (Å²) in [5, 5.41) is 8.74. The number of aliphatic hydroxyl groups is 1. The molecule has 0 amide bonds. The van der Waals surface area contributed by atoms with Gasteiger partial charge in [0.25, 0.3) is 0 Å². The molecule has 108 valence electrons. The van der Waals surface area contributed by atoms with Crippen LogP contribution in [0.25, 0.3) is 0 Å². The molecule has 0 aromatic heterocycles. The summed E-state index contributed by atoms with van der Waals surface area (Å²) in [5.41, 5.74) is 0. The van der Waals surface area contributed by atoms with Gasteiger partial charge in [0, 0.05) is 6.04 Å². The Labute approximate surface area is 108 Å². The van der Waals surface area contributed by atoms with Gasteiger partial charge < -0.3 is 9.84 Å². The van der Waals surface area contributed by atoms with Crippen molar-refractivity contribution in [3.63, 3.8) is 0 Å². The van der Waals surface area contributed by atoms with Crippen LogP contribution in [-0.4, -0.2) is 32.5 Å². The number of benzene rings is 1. The monoisotopic (exact) mass is 299 g/mol. The lowest BCUT2D eigenvalue weighted by Gasteiger charge is -2.12. The van der Waals surface area contributed by atoms with E-state index in [-0.39, 0.29) is 4.90 Å². The van der Waals surface area contributed by atoms with Crippen molar-refractivity contribution in [2.24, 2.45) is 0 Å². The fraction of sp³-hybridized carbons (Fsp3) is 0.400. The first-order chi connectivity index (χ1) is 8.64. The molecule has 0 unspecified atom stereocenters. The lowest BCUT2D eigenvalue weighted by Crippen LogP contribution is -2.34. The van der Waals surface area contributed by atoms with Crippen LogP contribution in [0.2, 0.25) is 0 Å². The van der Waals surface area contributed by atoms with Crippen LogP contribution in [0.1, 0.15) is 6.92 Å². The summed E-state index contributed by atoms with van der Waals surface area (Å²) in [6.07, 6.45) is -4.83. The number of hydrogen-bond donors (Lipinski definition) is 2. The van der Waals surface area contributed by atoms with Crippen LogP contribution in [0.4, 0.5) is 13.2 Å². The van der Waals surface area contributed by atoms with Gasteiger partial charge in [-0.2, -0.15) is 0 Å². The van der Waals surface area contributed by atoms with E-state index < -0.39 is 34.8 Å². The maximum atomic E-state index is 11.9. The molecule has 0 spiro atoms. The van der Waals surface area contributed by atoms with E-state index in [0.29, 0.717) is 0 Å². The van der Waals surface area contributed by atoms with Gasteiger partial charge in [0.15, 0.2) is 0 Å².